The van der Waals surface area contributed by atoms with E-state index in [4.69, 9.17) is 9.47 Å². The third-order valence-electron chi connectivity index (χ3n) is 4.86. The zero-order chi connectivity index (χ0) is 20.8. The topological polar surface area (TPSA) is 57.5 Å². The van der Waals surface area contributed by atoms with E-state index in [1.54, 1.807) is 13.8 Å². The molecule has 3 rings (SSSR count). The molecule has 0 N–H and O–H groups in total. The molecule has 0 spiro atoms. The van der Waals surface area contributed by atoms with Crippen molar-refractivity contribution in [1.82, 2.24) is 4.57 Å². The highest BCUT2D eigenvalue weighted by Crippen LogP contribution is 2.32. The molecule has 0 radical (unpaired) electrons. The van der Waals surface area contributed by atoms with Gasteiger partial charge in [-0.25, -0.2) is 4.79 Å². The van der Waals surface area contributed by atoms with E-state index < -0.39 is 0 Å². The summed E-state index contributed by atoms with van der Waals surface area (Å²) in [7, 11) is 0. The largest absolute Gasteiger partial charge is 0.494 e. The van der Waals surface area contributed by atoms with Crippen molar-refractivity contribution in [2.75, 3.05) is 13.2 Å². The lowest BCUT2D eigenvalue weighted by atomic mass is 10.1. The number of rotatable bonds is 9. The van der Waals surface area contributed by atoms with Gasteiger partial charge in [0.05, 0.1) is 24.3 Å². The monoisotopic (exact) mass is 393 g/mol. The summed E-state index contributed by atoms with van der Waals surface area (Å²) in [6.45, 7) is 6.20. The molecule has 0 aliphatic rings. The highest BCUT2D eigenvalue weighted by Gasteiger charge is 2.22. The smallest absolute Gasteiger partial charge is 0.340 e. The average Bonchev–Trinajstić information content (AvgIpc) is 2.99. The molecule has 0 bridgehead atoms. The van der Waals surface area contributed by atoms with Gasteiger partial charge in [-0.1, -0.05) is 18.2 Å². The summed E-state index contributed by atoms with van der Waals surface area (Å²) in [4.78, 5) is 23.7. The minimum absolute atomic E-state index is 0.197. The summed E-state index contributed by atoms with van der Waals surface area (Å²) >= 11 is 0. The molecular formula is C24H27NO4. The molecule has 0 amide bonds. The van der Waals surface area contributed by atoms with E-state index in [1.165, 1.54) is 0 Å². The van der Waals surface area contributed by atoms with E-state index in [-0.39, 0.29) is 11.8 Å². The van der Waals surface area contributed by atoms with Crippen LogP contribution in [0.4, 0.5) is 0 Å². The number of unbranched alkanes of at least 4 members (excludes halogenated alkanes) is 1. The number of aromatic nitrogens is 1. The van der Waals surface area contributed by atoms with Crippen LogP contribution in [-0.4, -0.2) is 29.5 Å². The van der Waals surface area contributed by atoms with Crippen molar-refractivity contribution < 1.29 is 19.1 Å². The molecule has 2 aromatic carbocycles. The maximum absolute atomic E-state index is 12.7. The number of esters is 1. The van der Waals surface area contributed by atoms with Crippen molar-refractivity contribution in [1.29, 1.82) is 0 Å². The minimum Gasteiger partial charge on any atom is -0.494 e. The Labute approximate surface area is 171 Å². The molecule has 0 unspecified atom stereocenters. The first-order valence-corrected chi connectivity index (χ1v) is 10.0. The van der Waals surface area contributed by atoms with Crippen molar-refractivity contribution in [2.45, 2.75) is 40.0 Å². The quantitative estimate of drug-likeness (QED) is 0.368. The first-order chi connectivity index (χ1) is 14.0. The van der Waals surface area contributed by atoms with Gasteiger partial charge in [-0.3, -0.25) is 0 Å². The number of carbonyl (C=O) groups excluding carboxylic acids is 2. The maximum atomic E-state index is 12.7. The summed E-state index contributed by atoms with van der Waals surface area (Å²) in [5.74, 6) is 0.572. The van der Waals surface area contributed by atoms with Crippen molar-refractivity contribution in [3.63, 3.8) is 0 Å². The van der Waals surface area contributed by atoms with Crippen LogP contribution >= 0.6 is 0 Å². The van der Waals surface area contributed by atoms with E-state index >= 15 is 0 Å². The Kier molecular flexibility index (Phi) is 6.70. The molecule has 0 aliphatic heterocycles. The van der Waals surface area contributed by atoms with E-state index in [9.17, 15) is 9.59 Å². The van der Waals surface area contributed by atoms with Gasteiger partial charge >= 0.3 is 5.97 Å². The number of nitrogens with zero attached hydrogens (tertiary/aromatic N) is 1. The van der Waals surface area contributed by atoms with Crippen molar-refractivity contribution >= 4 is 22.7 Å². The number of hydrogen-bond acceptors (Lipinski definition) is 4. The van der Waals surface area contributed by atoms with Gasteiger partial charge in [0.15, 0.2) is 0 Å². The molecule has 0 aliphatic carbocycles. The van der Waals surface area contributed by atoms with Gasteiger partial charge in [-0.15, -0.1) is 0 Å². The highest BCUT2D eigenvalue weighted by molar-refractivity contribution is 6.07. The number of para-hydroxylation sites is 1. The van der Waals surface area contributed by atoms with E-state index in [0.29, 0.717) is 30.9 Å². The third-order valence-corrected chi connectivity index (χ3v) is 4.86. The predicted octanol–water partition coefficient (Wildman–Crippen LogP) is 5.25. The molecule has 1 heterocycles. The molecule has 29 heavy (non-hydrogen) atoms. The SMILES string of the molecule is CCOC(=O)c1c(C)n(-c2ccccc2)c2ccc(OCCCCC(C)=O)cc12. The lowest BCUT2D eigenvalue weighted by Gasteiger charge is -2.09. The van der Waals surface area contributed by atoms with Crippen LogP contribution in [0.3, 0.4) is 0 Å². The zero-order valence-corrected chi connectivity index (χ0v) is 17.2. The minimum atomic E-state index is -0.330. The van der Waals surface area contributed by atoms with Crippen LogP contribution in [0.15, 0.2) is 48.5 Å². The number of Topliss-reactive ketones (excluding diaryl/α,β-unsaturated/α-hetero) is 1. The second kappa shape index (κ2) is 9.41. The highest BCUT2D eigenvalue weighted by atomic mass is 16.5. The molecule has 0 saturated heterocycles. The van der Waals surface area contributed by atoms with Gasteiger partial charge in [-0.2, -0.15) is 0 Å². The lowest BCUT2D eigenvalue weighted by molar-refractivity contribution is -0.117. The molecule has 152 valence electrons. The fourth-order valence-electron chi connectivity index (χ4n) is 3.52. The number of carbonyl (C=O) groups is 2. The lowest BCUT2D eigenvalue weighted by Crippen LogP contribution is -2.07. The van der Waals surface area contributed by atoms with E-state index in [1.807, 2.05) is 55.5 Å². The summed E-state index contributed by atoms with van der Waals surface area (Å²) < 4.78 is 13.3. The van der Waals surface area contributed by atoms with Crippen molar-refractivity contribution in [2.24, 2.45) is 0 Å². The molecule has 0 atom stereocenters. The Morgan fingerprint density at radius 2 is 1.79 bits per heavy atom. The number of ketones is 1. The number of ether oxygens (including phenoxy) is 2. The van der Waals surface area contributed by atoms with Crippen LogP contribution in [0.25, 0.3) is 16.6 Å². The summed E-state index contributed by atoms with van der Waals surface area (Å²) in [6, 6.07) is 15.7. The molecule has 5 nitrogen and oxygen atoms in total. The normalized spacial score (nSPS) is 10.9. The summed E-state index contributed by atoms with van der Waals surface area (Å²) in [5, 5.41) is 0.811. The van der Waals surface area contributed by atoms with E-state index in [0.717, 1.165) is 35.1 Å². The van der Waals surface area contributed by atoms with Gasteiger partial charge in [0.25, 0.3) is 0 Å². The predicted molar refractivity (Wildman–Crippen MR) is 114 cm³/mol. The molecule has 0 saturated carbocycles. The van der Waals surface area contributed by atoms with Crippen LogP contribution in [0.1, 0.15) is 49.2 Å². The Morgan fingerprint density at radius 3 is 2.48 bits per heavy atom. The Balaban J connectivity index is 1.96. The summed E-state index contributed by atoms with van der Waals surface area (Å²) in [5.41, 5.74) is 3.32. The number of hydrogen-bond donors (Lipinski definition) is 0. The van der Waals surface area contributed by atoms with Gasteiger partial charge in [0, 0.05) is 23.2 Å². The molecule has 0 fully saturated rings. The van der Waals surface area contributed by atoms with Gasteiger partial charge in [-0.05, 0) is 63.9 Å². The van der Waals surface area contributed by atoms with Gasteiger partial charge in [0.1, 0.15) is 11.5 Å². The Bertz CT molecular complexity index is 1000. The third kappa shape index (κ3) is 4.67. The first-order valence-electron chi connectivity index (χ1n) is 10.0. The summed E-state index contributed by atoms with van der Waals surface area (Å²) in [6.07, 6.45) is 2.20. The standard InChI is InChI=1S/C24H27NO4/c1-4-28-24(27)23-18(3)25(19-11-6-5-7-12-19)22-14-13-20(16-21(22)23)29-15-9-8-10-17(2)26/h5-7,11-14,16H,4,8-10,15H2,1-3H3. The van der Waals surface area contributed by atoms with Crippen LogP contribution in [0.5, 0.6) is 5.75 Å². The van der Waals surface area contributed by atoms with Crippen LogP contribution in [-0.2, 0) is 9.53 Å². The molecule has 1 aromatic heterocycles. The average molecular weight is 393 g/mol. The van der Waals surface area contributed by atoms with Crippen LogP contribution < -0.4 is 4.74 Å². The first kappa shape index (κ1) is 20.6. The number of benzene rings is 2. The zero-order valence-electron chi connectivity index (χ0n) is 17.2. The van der Waals surface area contributed by atoms with Crippen LogP contribution in [0.2, 0.25) is 0 Å². The van der Waals surface area contributed by atoms with Crippen molar-refractivity contribution in [3.05, 3.63) is 59.8 Å². The fraction of sp³-hybridized carbons (Fsp3) is 0.333. The van der Waals surface area contributed by atoms with Gasteiger partial charge < -0.3 is 18.8 Å². The fourth-order valence-corrected chi connectivity index (χ4v) is 3.52. The molecule has 5 heteroatoms. The van der Waals surface area contributed by atoms with Crippen LogP contribution in [0, 0.1) is 6.92 Å². The van der Waals surface area contributed by atoms with E-state index in [2.05, 4.69) is 4.57 Å². The second-order valence-corrected chi connectivity index (χ2v) is 7.04. The molecular weight excluding hydrogens is 366 g/mol. The number of fused-ring (bicyclic) bond motifs is 1. The molecule has 3 aromatic rings. The Hall–Kier alpha value is -3.08. The maximum Gasteiger partial charge on any atom is 0.340 e. The Morgan fingerprint density at radius 1 is 1.03 bits per heavy atom. The van der Waals surface area contributed by atoms with Crippen molar-refractivity contribution in [3.8, 4) is 11.4 Å². The van der Waals surface area contributed by atoms with Gasteiger partial charge in [0.2, 0.25) is 0 Å². The second-order valence-electron chi connectivity index (χ2n) is 7.04.